The van der Waals surface area contributed by atoms with Crippen LogP contribution in [0.3, 0.4) is 0 Å². The van der Waals surface area contributed by atoms with Gasteiger partial charge in [0.05, 0.1) is 17.5 Å². The zero-order chi connectivity index (χ0) is 20.2. The largest absolute Gasteiger partial charge is 0.348 e. The van der Waals surface area contributed by atoms with E-state index in [-0.39, 0.29) is 22.7 Å². The molecule has 0 heterocycles. The molecule has 1 amide bonds. The summed E-state index contributed by atoms with van der Waals surface area (Å²) in [6.45, 7) is 3.39. The van der Waals surface area contributed by atoms with Crippen molar-refractivity contribution in [3.63, 3.8) is 0 Å². The van der Waals surface area contributed by atoms with Crippen molar-refractivity contribution >= 4 is 15.9 Å². The summed E-state index contributed by atoms with van der Waals surface area (Å²) in [6.07, 6.45) is 0. The Balaban J connectivity index is 2.10. The van der Waals surface area contributed by atoms with Crippen molar-refractivity contribution in [3.05, 3.63) is 65.7 Å². The summed E-state index contributed by atoms with van der Waals surface area (Å²) >= 11 is 0. The van der Waals surface area contributed by atoms with Crippen molar-refractivity contribution < 1.29 is 22.0 Å². The average Bonchev–Trinajstić information content (AvgIpc) is 2.60. The number of halogens is 2. The maximum atomic E-state index is 13.1. The third kappa shape index (κ3) is 5.33. The highest BCUT2D eigenvalue weighted by molar-refractivity contribution is 7.89. The van der Waals surface area contributed by atoms with Crippen molar-refractivity contribution in [2.45, 2.75) is 24.8 Å². The summed E-state index contributed by atoms with van der Waals surface area (Å²) in [6, 6.07) is 9.78. The van der Waals surface area contributed by atoms with Crippen LogP contribution in [-0.4, -0.2) is 32.2 Å². The average molecular weight is 396 g/mol. The van der Waals surface area contributed by atoms with Gasteiger partial charge in [0, 0.05) is 7.05 Å². The SMILES string of the molecule is CC(C)C(NC(=O)CN(C)S(=O)(=O)c1ccc(F)cc1)c1ccc(F)cc1. The first kappa shape index (κ1) is 21.0. The van der Waals surface area contributed by atoms with Crippen LogP contribution in [0.25, 0.3) is 0 Å². The molecule has 0 saturated heterocycles. The standard InChI is InChI=1S/C19H22F2N2O3S/c1-13(2)19(14-4-6-15(20)7-5-14)22-18(24)12-23(3)27(25,26)17-10-8-16(21)9-11-17/h4-11,13,19H,12H2,1-3H3,(H,22,24). The minimum absolute atomic E-state index is 0.0124. The van der Waals surface area contributed by atoms with Crippen molar-refractivity contribution in [1.29, 1.82) is 0 Å². The normalized spacial score (nSPS) is 13.0. The van der Waals surface area contributed by atoms with Gasteiger partial charge in [-0.2, -0.15) is 4.31 Å². The lowest BCUT2D eigenvalue weighted by atomic mass is 9.96. The second-order valence-electron chi connectivity index (χ2n) is 6.56. The first-order chi connectivity index (χ1) is 12.6. The first-order valence-corrected chi connectivity index (χ1v) is 9.82. The molecule has 1 N–H and O–H groups in total. The molecule has 2 aromatic rings. The van der Waals surface area contributed by atoms with Crippen LogP contribution in [0.5, 0.6) is 0 Å². The number of hydrogen-bond donors (Lipinski definition) is 1. The van der Waals surface area contributed by atoms with Crippen LogP contribution < -0.4 is 5.32 Å². The van der Waals surface area contributed by atoms with Crippen molar-refractivity contribution in [1.82, 2.24) is 9.62 Å². The molecule has 0 aromatic heterocycles. The van der Waals surface area contributed by atoms with Gasteiger partial charge < -0.3 is 5.32 Å². The second kappa shape index (κ2) is 8.58. The van der Waals surface area contributed by atoms with E-state index in [4.69, 9.17) is 0 Å². The van der Waals surface area contributed by atoms with Gasteiger partial charge in [-0.05, 0) is 47.9 Å². The molecule has 8 heteroatoms. The number of benzene rings is 2. The topological polar surface area (TPSA) is 66.5 Å². The number of carbonyl (C=O) groups is 1. The Hall–Kier alpha value is -2.32. The summed E-state index contributed by atoms with van der Waals surface area (Å²) < 4.78 is 52.0. The van der Waals surface area contributed by atoms with Crippen LogP contribution in [0.2, 0.25) is 0 Å². The van der Waals surface area contributed by atoms with Gasteiger partial charge in [-0.25, -0.2) is 17.2 Å². The summed E-state index contributed by atoms with van der Waals surface area (Å²) in [4.78, 5) is 12.3. The molecule has 5 nitrogen and oxygen atoms in total. The fourth-order valence-corrected chi connectivity index (χ4v) is 3.72. The van der Waals surface area contributed by atoms with E-state index in [2.05, 4.69) is 5.32 Å². The zero-order valence-corrected chi connectivity index (χ0v) is 16.1. The van der Waals surface area contributed by atoms with Crippen LogP contribution in [0.1, 0.15) is 25.5 Å². The monoisotopic (exact) mass is 396 g/mol. The number of rotatable bonds is 7. The quantitative estimate of drug-likeness (QED) is 0.782. The molecule has 1 unspecified atom stereocenters. The molecule has 146 valence electrons. The van der Waals surface area contributed by atoms with Crippen LogP contribution in [0.15, 0.2) is 53.4 Å². The molecule has 0 bridgehead atoms. The Morgan fingerprint density at radius 3 is 1.96 bits per heavy atom. The molecule has 1 atom stereocenters. The van der Waals surface area contributed by atoms with Crippen molar-refractivity contribution in [2.24, 2.45) is 5.92 Å². The Morgan fingerprint density at radius 1 is 1.00 bits per heavy atom. The van der Waals surface area contributed by atoms with E-state index in [1.165, 1.54) is 19.2 Å². The number of nitrogens with zero attached hydrogens (tertiary/aromatic N) is 1. The molecule has 0 saturated carbocycles. The Bertz CT molecular complexity index is 882. The number of sulfonamides is 1. The summed E-state index contributed by atoms with van der Waals surface area (Å²) in [5.41, 5.74) is 0.726. The number of hydrogen-bond acceptors (Lipinski definition) is 3. The van der Waals surface area contributed by atoms with E-state index >= 15 is 0 Å². The summed E-state index contributed by atoms with van der Waals surface area (Å²) in [7, 11) is -2.64. The maximum Gasteiger partial charge on any atom is 0.243 e. The highest BCUT2D eigenvalue weighted by atomic mass is 32.2. The molecule has 2 aromatic carbocycles. The van der Waals surface area contributed by atoms with E-state index in [9.17, 15) is 22.0 Å². The molecule has 0 fully saturated rings. The highest BCUT2D eigenvalue weighted by Crippen LogP contribution is 2.22. The van der Waals surface area contributed by atoms with Crippen molar-refractivity contribution in [3.8, 4) is 0 Å². The van der Waals surface area contributed by atoms with Gasteiger partial charge in [-0.1, -0.05) is 26.0 Å². The zero-order valence-electron chi connectivity index (χ0n) is 15.3. The van der Waals surface area contributed by atoms with Gasteiger partial charge in [0.1, 0.15) is 11.6 Å². The number of carbonyl (C=O) groups excluding carboxylic acids is 1. The van der Waals surface area contributed by atoms with E-state index in [1.807, 2.05) is 13.8 Å². The van der Waals surface area contributed by atoms with Crippen molar-refractivity contribution in [2.75, 3.05) is 13.6 Å². The van der Waals surface area contributed by atoms with Gasteiger partial charge in [0.15, 0.2) is 0 Å². The molecule has 27 heavy (non-hydrogen) atoms. The third-order valence-electron chi connectivity index (χ3n) is 4.10. The van der Waals surface area contributed by atoms with Gasteiger partial charge >= 0.3 is 0 Å². The molecule has 0 aliphatic rings. The molecule has 0 aliphatic heterocycles. The predicted molar refractivity (Wildman–Crippen MR) is 98.3 cm³/mol. The second-order valence-corrected chi connectivity index (χ2v) is 8.60. The molecule has 0 aliphatic carbocycles. The van der Waals surface area contributed by atoms with Gasteiger partial charge in [0.25, 0.3) is 0 Å². The Kier molecular flexibility index (Phi) is 6.67. The van der Waals surface area contributed by atoms with Gasteiger partial charge in [-0.3, -0.25) is 4.79 Å². The lowest BCUT2D eigenvalue weighted by Crippen LogP contribution is -2.41. The molecule has 0 spiro atoms. The minimum atomic E-state index is -3.92. The minimum Gasteiger partial charge on any atom is -0.348 e. The summed E-state index contributed by atoms with van der Waals surface area (Å²) in [5.74, 6) is -1.41. The molecular formula is C19H22F2N2O3S. The van der Waals surface area contributed by atoms with E-state index < -0.39 is 28.3 Å². The van der Waals surface area contributed by atoms with E-state index in [0.717, 1.165) is 34.1 Å². The Labute approximate surface area is 158 Å². The van der Waals surface area contributed by atoms with Crippen LogP contribution in [0.4, 0.5) is 8.78 Å². The van der Waals surface area contributed by atoms with Gasteiger partial charge in [0.2, 0.25) is 15.9 Å². The molecule has 0 radical (unpaired) electrons. The summed E-state index contributed by atoms with van der Waals surface area (Å²) in [5, 5.41) is 2.79. The molecular weight excluding hydrogens is 374 g/mol. The van der Waals surface area contributed by atoms with Crippen LogP contribution in [0, 0.1) is 17.6 Å². The Morgan fingerprint density at radius 2 is 1.48 bits per heavy atom. The fraction of sp³-hybridized carbons (Fsp3) is 0.316. The third-order valence-corrected chi connectivity index (χ3v) is 5.92. The smallest absolute Gasteiger partial charge is 0.243 e. The highest BCUT2D eigenvalue weighted by Gasteiger charge is 2.25. The van der Waals surface area contributed by atoms with E-state index in [1.54, 1.807) is 12.1 Å². The van der Waals surface area contributed by atoms with Gasteiger partial charge in [-0.15, -0.1) is 0 Å². The molecule has 2 rings (SSSR count). The maximum absolute atomic E-state index is 13.1. The van der Waals surface area contributed by atoms with Crippen LogP contribution in [-0.2, 0) is 14.8 Å². The number of amides is 1. The number of nitrogens with one attached hydrogen (secondary N) is 1. The lowest BCUT2D eigenvalue weighted by Gasteiger charge is -2.24. The lowest BCUT2D eigenvalue weighted by molar-refractivity contribution is -0.122. The van der Waals surface area contributed by atoms with E-state index in [0.29, 0.717) is 0 Å². The van der Waals surface area contributed by atoms with Crippen LogP contribution >= 0.6 is 0 Å². The first-order valence-electron chi connectivity index (χ1n) is 8.38. The fourth-order valence-electron chi connectivity index (χ4n) is 2.60. The number of likely N-dealkylation sites (N-methyl/N-ethyl adjacent to an activating group) is 1. The predicted octanol–water partition coefficient (Wildman–Crippen LogP) is 3.10.